The lowest BCUT2D eigenvalue weighted by Crippen LogP contribution is -2.35. The molecule has 0 unspecified atom stereocenters. The molecule has 5 heteroatoms. The lowest BCUT2D eigenvalue weighted by Gasteiger charge is -2.28. The first-order valence-electron chi connectivity index (χ1n) is 7.54. The van der Waals surface area contributed by atoms with Gasteiger partial charge in [-0.05, 0) is 20.0 Å². The number of halogens is 1. The van der Waals surface area contributed by atoms with Crippen molar-refractivity contribution in [1.82, 2.24) is 14.9 Å². The van der Waals surface area contributed by atoms with Crippen molar-refractivity contribution in [3.8, 4) is 0 Å². The van der Waals surface area contributed by atoms with E-state index in [1.807, 2.05) is 6.07 Å². The molecule has 0 aromatic carbocycles. The van der Waals surface area contributed by atoms with E-state index < -0.39 is 0 Å². The zero-order valence-corrected chi connectivity index (χ0v) is 15.2. The summed E-state index contributed by atoms with van der Waals surface area (Å²) in [4.78, 5) is 13.6. The first kappa shape index (κ1) is 18.2. The summed E-state index contributed by atoms with van der Waals surface area (Å²) in [5.41, 5.74) is -0.106. The van der Waals surface area contributed by atoms with Gasteiger partial charge < -0.3 is 9.80 Å². The molecule has 0 aliphatic rings. The first-order chi connectivity index (χ1) is 9.59. The molecule has 0 saturated heterocycles. The van der Waals surface area contributed by atoms with Gasteiger partial charge in [0.25, 0.3) is 0 Å². The van der Waals surface area contributed by atoms with Gasteiger partial charge in [0.1, 0.15) is 16.8 Å². The highest BCUT2D eigenvalue weighted by atomic mass is 35.5. The van der Waals surface area contributed by atoms with Crippen molar-refractivity contribution in [2.24, 2.45) is 5.92 Å². The maximum atomic E-state index is 6.21. The summed E-state index contributed by atoms with van der Waals surface area (Å²) in [7, 11) is 4.17. The van der Waals surface area contributed by atoms with Crippen LogP contribution in [0.25, 0.3) is 0 Å². The first-order valence-corrected chi connectivity index (χ1v) is 7.92. The number of hydrogen-bond acceptors (Lipinski definition) is 4. The van der Waals surface area contributed by atoms with Crippen molar-refractivity contribution in [2.45, 2.75) is 40.0 Å². The zero-order chi connectivity index (χ0) is 16.2. The van der Waals surface area contributed by atoms with E-state index in [2.05, 4.69) is 63.5 Å². The normalized spacial score (nSPS) is 12.3. The molecule has 4 nitrogen and oxygen atoms in total. The van der Waals surface area contributed by atoms with Crippen molar-refractivity contribution in [1.29, 1.82) is 0 Å². The molecule has 0 bridgehead atoms. The van der Waals surface area contributed by atoms with Gasteiger partial charge in [-0.25, -0.2) is 9.97 Å². The molecular formula is C16H29ClN4. The summed E-state index contributed by atoms with van der Waals surface area (Å²) < 4.78 is 0. The monoisotopic (exact) mass is 312 g/mol. The Kier molecular flexibility index (Phi) is 6.41. The molecule has 0 aliphatic carbocycles. The fourth-order valence-corrected chi connectivity index (χ4v) is 2.14. The second-order valence-corrected chi connectivity index (χ2v) is 7.65. The fraction of sp³-hybridized carbons (Fsp3) is 0.750. The Morgan fingerprint density at radius 2 is 1.76 bits per heavy atom. The molecule has 0 radical (unpaired) electrons. The van der Waals surface area contributed by atoms with Gasteiger partial charge >= 0.3 is 0 Å². The molecule has 0 spiro atoms. The standard InChI is InChI=1S/C16H29ClN4/c1-12(2)11-21(9-8-20(6)7)14-10-13(17)18-15(19-14)16(3,4)5/h10,12H,8-9,11H2,1-7H3. The Morgan fingerprint density at radius 3 is 2.24 bits per heavy atom. The molecule has 1 aromatic heterocycles. The van der Waals surface area contributed by atoms with Gasteiger partial charge in [-0.2, -0.15) is 0 Å². The Bertz CT molecular complexity index is 452. The number of likely N-dealkylation sites (N-methyl/N-ethyl adjacent to an activating group) is 1. The van der Waals surface area contributed by atoms with E-state index in [0.29, 0.717) is 11.1 Å². The van der Waals surface area contributed by atoms with Crippen LogP contribution in [-0.4, -0.2) is 48.6 Å². The second-order valence-electron chi connectivity index (χ2n) is 7.27. The maximum absolute atomic E-state index is 6.21. The van der Waals surface area contributed by atoms with E-state index in [0.717, 1.165) is 31.3 Å². The fourth-order valence-electron chi connectivity index (χ4n) is 1.96. The van der Waals surface area contributed by atoms with Crippen LogP contribution in [-0.2, 0) is 5.41 Å². The van der Waals surface area contributed by atoms with Crippen molar-refractivity contribution < 1.29 is 0 Å². The number of aromatic nitrogens is 2. The van der Waals surface area contributed by atoms with Gasteiger partial charge in [0.2, 0.25) is 0 Å². The highest BCUT2D eigenvalue weighted by Crippen LogP contribution is 2.24. The molecule has 0 saturated carbocycles. The van der Waals surface area contributed by atoms with Crippen LogP contribution < -0.4 is 4.90 Å². The van der Waals surface area contributed by atoms with Crippen LogP contribution in [0.5, 0.6) is 0 Å². The number of nitrogens with zero attached hydrogens (tertiary/aromatic N) is 4. The minimum Gasteiger partial charge on any atom is -0.355 e. The van der Waals surface area contributed by atoms with E-state index in [9.17, 15) is 0 Å². The SMILES string of the molecule is CC(C)CN(CCN(C)C)c1cc(Cl)nc(C(C)(C)C)n1. The van der Waals surface area contributed by atoms with Crippen LogP contribution >= 0.6 is 11.6 Å². The highest BCUT2D eigenvalue weighted by molar-refractivity contribution is 6.29. The molecular weight excluding hydrogens is 284 g/mol. The number of rotatable bonds is 6. The van der Waals surface area contributed by atoms with E-state index >= 15 is 0 Å². The van der Waals surface area contributed by atoms with E-state index in [1.54, 1.807) is 0 Å². The smallest absolute Gasteiger partial charge is 0.137 e. The summed E-state index contributed by atoms with van der Waals surface area (Å²) >= 11 is 6.21. The van der Waals surface area contributed by atoms with Crippen LogP contribution in [0.3, 0.4) is 0 Å². The lowest BCUT2D eigenvalue weighted by atomic mass is 9.96. The molecule has 0 fully saturated rings. The average Bonchev–Trinajstić information content (AvgIpc) is 2.32. The summed E-state index contributed by atoms with van der Waals surface area (Å²) in [5.74, 6) is 2.29. The van der Waals surface area contributed by atoms with Crippen molar-refractivity contribution in [3.63, 3.8) is 0 Å². The van der Waals surface area contributed by atoms with Crippen LogP contribution in [0.15, 0.2) is 6.07 Å². The predicted molar refractivity (Wildman–Crippen MR) is 91.3 cm³/mol. The van der Waals surface area contributed by atoms with Crippen LogP contribution in [0, 0.1) is 5.92 Å². The minimum atomic E-state index is -0.106. The van der Waals surface area contributed by atoms with Crippen molar-refractivity contribution >= 4 is 17.4 Å². The molecule has 0 aliphatic heterocycles. The van der Waals surface area contributed by atoms with E-state index in [1.165, 1.54) is 0 Å². The summed E-state index contributed by atoms with van der Waals surface area (Å²) in [5, 5.41) is 0.517. The van der Waals surface area contributed by atoms with Gasteiger partial charge in [-0.1, -0.05) is 46.2 Å². The lowest BCUT2D eigenvalue weighted by molar-refractivity contribution is 0.408. The third-order valence-electron chi connectivity index (χ3n) is 3.08. The Morgan fingerprint density at radius 1 is 1.14 bits per heavy atom. The average molecular weight is 313 g/mol. The summed E-state index contributed by atoms with van der Waals surface area (Å²) in [6.07, 6.45) is 0. The number of anilines is 1. The van der Waals surface area contributed by atoms with Gasteiger partial charge in [-0.15, -0.1) is 0 Å². The third kappa shape index (κ3) is 6.18. The molecule has 120 valence electrons. The molecule has 0 N–H and O–H groups in total. The summed E-state index contributed by atoms with van der Waals surface area (Å²) in [6, 6.07) is 1.87. The van der Waals surface area contributed by atoms with Crippen molar-refractivity contribution in [2.75, 3.05) is 38.6 Å². The van der Waals surface area contributed by atoms with Gasteiger partial charge in [-0.3, -0.25) is 0 Å². The second kappa shape index (κ2) is 7.41. The molecule has 1 rings (SSSR count). The zero-order valence-electron chi connectivity index (χ0n) is 14.4. The predicted octanol–water partition coefficient (Wildman–Crippen LogP) is 3.45. The van der Waals surface area contributed by atoms with Gasteiger partial charge in [0.05, 0.1) is 0 Å². The Hall–Kier alpha value is -0.870. The minimum absolute atomic E-state index is 0.106. The Balaban J connectivity index is 3.08. The van der Waals surface area contributed by atoms with E-state index in [4.69, 9.17) is 16.6 Å². The van der Waals surface area contributed by atoms with Crippen LogP contribution in [0.4, 0.5) is 5.82 Å². The quantitative estimate of drug-likeness (QED) is 0.753. The van der Waals surface area contributed by atoms with Gasteiger partial charge in [0, 0.05) is 31.1 Å². The largest absolute Gasteiger partial charge is 0.355 e. The Labute approximate surface area is 134 Å². The molecule has 21 heavy (non-hydrogen) atoms. The highest BCUT2D eigenvalue weighted by Gasteiger charge is 2.21. The molecule has 1 aromatic rings. The van der Waals surface area contributed by atoms with Crippen LogP contribution in [0.1, 0.15) is 40.4 Å². The maximum Gasteiger partial charge on any atom is 0.137 e. The molecule has 0 atom stereocenters. The topological polar surface area (TPSA) is 32.3 Å². The molecule has 0 amide bonds. The third-order valence-corrected chi connectivity index (χ3v) is 3.27. The number of hydrogen-bond donors (Lipinski definition) is 0. The van der Waals surface area contributed by atoms with E-state index in [-0.39, 0.29) is 5.41 Å². The van der Waals surface area contributed by atoms with Crippen molar-refractivity contribution in [3.05, 3.63) is 17.0 Å². The summed E-state index contributed by atoms with van der Waals surface area (Å²) in [6.45, 7) is 13.6. The molecule has 1 heterocycles. The van der Waals surface area contributed by atoms with Crippen LogP contribution in [0.2, 0.25) is 5.15 Å². The van der Waals surface area contributed by atoms with Gasteiger partial charge in [0.15, 0.2) is 0 Å².